The molecule has 0 spiro atoms. The Morgan fingerprint density at radius 1 is 1.24 bits per heavy atom. The molecular formula is C18H25N5O2. The van der Waals surface area contributed by atoms with E-state index in [4.69, 9.17) is 4.74 Å². The number of hydrogen-bond acceptors (Lipinski definition) is 6. The van der Waals surface area contributed by atoms with Crippen molar-refractivity contribution in [3.63, 3.8) is 0 Å². The number of benzene rings is 1. The highest BCUT2D eigenvalue weighted by Gasteiger charge is 2.06. The number of nitrogens with one attached hydrogen (secondary N) is 2. The van der Waals surface area contributed by atoms with Gasteiger partial charge in [-0.3, -0.25) is 4.79 Å². The predicted octanol–water partition coefficient (Wildman–Crippen LogP) is 1.63. The summed E-state index contributed by atoms with van der Waals surface area (Å²) in [5.74, 6) is 1.50. The summed E-state index contributed by atoms with van der Waals surface area (Å²) in [4.78, 5) is 14.0. The van der Waals surface area contributed by atoms with E-state index in [0.29, 0.717) is 25.3 Å². The largest absolute Gasteiger partial charge is 0.496 e. The smallest absolute Gasteiger partial charge is 0.224 e. The van der Waals surface area contributed by atoms with E-state index in [1.54, 1.807) is 13.3 Å². The molecule has 0 aliphatic rings. The first-order valence-electron chi connectivity index (χ1n) is 8.13. The zero-order valence-electron chi connectivity index (χ0n) is 15.2. The third-order valence-corrected chi connectivity index (χ3v) is 3.73. The van der Waals surface area contributed by atoms with Gasteiger partial charge in [0.05, 0.1) is 25.4 Å². The second-order valence-corrected chi connectivity index (χ2v) is 5.95. The zero-order chi connectivity index (χ0) is 18.2. The Kier molecular flexibility index (Phi) is 6.56. The molecule has 1 aromatic heterocycles. The van der Waals surface area contributed by atoms with Crippen LogP contribution < -0.4 is 20.3 Å². The minimum Gasteiger partial charge on any atom is -0.496 e. The lowest BCUT2D eigenvalue weighted by Gasteiger charge is -2.13. The van der Waals surface area contributed by atoms with Gasteiger partial charge >= 0.3 is 0 Å². The van der Waals surface area contributed by atoms with E-state index in [1.165, 1.54) is 0 Å². The van der Waals surface area contributed by atoms with Crippen LogP contribution in [0.4, 0.5) is 11.5 Å². The molecule has 1 amide bonds. The molecule has 0 unspecified atom stereocenters. The summed E-state index contributed by atoms with van der Waals surface area (Å²) in [6, 6.07) is 7.68. The van der Waals surface area contributed by atoms with Crippen molar-refractivity contribution in [2.75, 3.05) is 44.5 Å². The van der Waals surface area contributed by atoms with Crippen LogP contribution in [0, 0.1) is 6.92 Å². The molecule has 0 radical (unpaired) electrons. The van der Waals surface area contributed by atoms with Gasteiger partial charge in [0.2, 0.25) is 5.91 Å². The highest BCUT2D eigenvalue weighted by Crippen LogP contribution is 2.18. The van der Waals surface area contributed by atoms with E-state index in [-0.39, 0.29) is 5.91 Å². The molecule has 0 saturated heterocycles. The number of hydrogen-bond donors (Lipinski definition) is 2. The third kappa shape index (κ3) is 5.63. The van der Waals surface area contributed by atoms with Crippen LogP contribution in [0.25, 0.3) is 0 Å². The van der Waals surface area contributed by atoms with Gasteiger partial charge in [-0.15, -0.1) is 5.10 Å². The number of carbonyl (C=O) groups is 1. The summed E-state index contributed by atoms with van der Waals surface area (Å²) in [5.41, 5.74) is 2.96. The zero-order valence-corrected chi connectivity index (χ0v) is 15.2. The molecule has 0 aliphatic carbocycles. The number of carbonyl (C=O) groups excluding carboxylic acids is 1. The minimum atomic E-state index is -0.0144. The number of rotatable bonds is 8. The fraction of sp³-hybridized carbons (Fsp3) is 0.389. The van der Waals surface area contributed by atoms with E-state index < -0.39 is 0 Å². The number of methoxy groups -OCH3 is 1. The topological polar surface area (TPSA) is 79.4 Å². The number of aryl methyl sites for hydroxylation is 1. The van der Waals surface area contributed by atoms with Gasteiger partial charge in [0, 0.05) is 33.3 Å². The minimum absolute atomic E-state index is 0.0144. The monoisotopic (exact) mass is 343 g/mol. The van der Waals surface area contributed by atoms with Gasteiger partial charge in [-0.1, -0.05) is 12.1 Å². The third-order valence-electron chi connectivity index (χ3n) is 3.73. The Bertz CT molecular complexity index is 718. The van der Waals surface area contributed by atoms with Crippen molar-refractivity contribution in [3.05, 3.63) is 41.6 Å². The summed E-state index contributed by atoms with van der Waals surface area (Å²) in [6.07, 6.45) is 2.05. The molecule has 1 aromatic carbocycles. The van der Waals surface area contributed by atoms with Gasteiger partial charge in [0.25, 0.3) is 0 Å². The van der Waals surface area contributed by atoms with Crippen LogP contribution >= 0.6 is 0 Å². The van der Waals surface area contributed by atoms with Crippen LogP contribution in [0.1, 0.15) is 11.1 Å². The number of ether oxygens (including phenoxy) is 1. The number of anilines is 2. The van der Waals surface area contributed by atoms with E-state index >= 15 is 0 Å². The highest BCUT2D eigenvalue weighted by atomic mass is 16.5. The Balaban J connectivity index is 1.75. The van der Waals surface area contributed by atoms with Crippen molar-refractivity contribution in [3.8, 4) is 5.75 Å². The van der Waals surface area contributed by atoms with Gasteiger partial charge in [-0.05, 0) is 24.1 Å². The first-order valence-corrected chi connectivity index (χ1v) is 8.13. The highest BCUT2D eigenvalue weighted by molar-refractivity contribution is 5.78. The van der Waals surface area contributed by atoms with E-state index in [1.807, 2.05) is 50.2 Å². The van der Waals surface area contributed by atoms with Crippen molar-refractivity contribution in [1.29, 1.82) is 0 Å². The molecule has 0 bridgehead atoms. The number of amides is 1. The summed E-state index contributed by atoms with van der Waals surface area (Å²) >= 11 is 0. The van der Waals surface area contributed by atoms with Crippen LogP contribution in [0.5, 0.6) is 5.75 Å². The van der Waals surface area contributed by atoms with Crippen LogP contribution in [0.3, 0.4) is 0 Å². The van der Waals surface area contributed by atoms with Gasteiger partial charge in [-0.2, -0.15) is 5.10 Å². The summed E-state index contributed by atoms with van der Waals surface area (Å²) in [7, 11) is 5.53. The van der Waals surface area contributed by atoms with Gasteiger partial charge in [0.15, 0.2) is 5.82 Å². The lowest BCUT2D eigenvalue weighted by Crippen LogP contribution is -2.30. The van der Waals surface area contributed by atoms with Gasteiger partial charge in [0.1, 0.15) is 5.75 Å². The molecule has 0 aliphatic heterocycles. The Hall–Kier alpha value is -2.83. The molecule has 2 aromatic rings. The average Bonchev–Trinajstić information content (AvgIpc) is 2.59. The molecule has 0 atom stereocenters. The molecular weight excluding hydrogens is 318 g/mol. The molecule has 2 N–H and O–H groups in total. The quantitative estimate of drug-likeness (QED) is 0.709. The Morgan fingerprint density at radius 3 is 2.72 bits per heavy atom. The Labute approximate surface area is 148 Å². The first-order chi connectivity index (χ1) is 12.0. The van der Waals surface area contributed by atoms with Crippen LogP contribution in [0.2, 0.25) is 0 Å². The molecule has 25 heavy (non-hydrogen) atoms. The van der Waals surface area contributed by atoms with Crippen molar-refractivity contribution in [2.24, 2.45) is 0 Å². The Morgan fingerprint density at radius 2 is 2.04 bits per heavy atom. The lowest BCUT2D eigenvalue weighted by molar-refractivity contribution is -0.120. The fourth-order valence-corrected chi connectivity index (χ4v) is 2.38. The molecule has 7 heteroatoms. The molecule has 0 saturated carbocycles. The average molecular weight is 343 g/mol. The number of nitrogens with zero attached hydrogens (tertiary/aromatic N) is 3. The van der Waals surface area contributed by atoms with Gasteiger partial charge < -0.3 is 20.3 Å². The van der Waals surface area contributed by atoms with Crippen molar-refractivity contribution < 1.29 is 9.53 Å². The fourth-order valence-electron chi connectivity index (χ4n) is 2.38. The van der Waals surface area contributed by atoms with Crippen LogP contribution in [-0.2, 0) is 11.2 Å². The normalized spacial score (nSPS) is 10.2. The second-order valence-electron chi connectivity index (χ2n) is 5.95. The van der Waals surface area contributed by atoms with Crippen molar-refractivity contribution in [1.82, 2.24) is 15.5 Å². The van der Waals surface area contributed by atoms with Crippen LogP contribution in [-0.4, -0.2) is 50.4 Å². The van der Waals surface area contributed by atoms with Crippen molar-refractivity contribution in [2.45, 2.75) is 13.3 Å². The van der Waals surface area contributed by atoms with Gasteiger partial charge in [-0.25, -0.2) is 0 Å². The SMILES string of the molecule is COc1ccc(CC(=O)NCCNc2cc(N(C)C)cnn2)cc1C. The second kappa shape index (κ2) is 8.86. The maximum atomic E-state index is 12.0. The lowest BCUT2D eigenvalue weighted by atomic mass is 10.1. The molecule has 1 heterocycles. The maximum absolute atomic E-state index is 12.0. The maximum Gasteiger partial charge on any atom is 0.224 e. The predicted molar refractivity (Wildman–Crippen MR) is 99.3 cm³/mol. The molecule has 7 nitrogen and oxygen atoms in total. The van der Waals surface area contributed by atoms with E-state index in [9.17, 15) is 4.79 Å². The van der Waals surface area contributed by atoms with E-state index in [2.05, 4.69) is 20.8 Å². The van der Waals surface area contributed by atoms with Crippen LogP contribution in [0.15, 0.2) is 30.5 Å². The first kappa shape index (κ1) is 18.5. The van der Waals surface area contributed by atoms with E-state index in [0.717, 1.165) is 22.6 Å². The molecule has 2 rings (SSSR count). The standard InChI is InChI=1S/C18H25N5O2/c1-13-9-14(5-6-16(13)25-4)10-18(24)20-8-7-19-17-11-15(23(2)3)12-21-22-17/h5-6,9,11-12H,7-8,10H2,1-4H3,(H,19,22)(H,20,24). The summed E-state index contributed by atoms with van der Waals surface area (Å²) in [6.45, 7) is 3.06. The molecule has 0 fully saturated rings. The van der Waals surface area contributed by atoms with Crippen molar-refractivity contribution >= 4 is 17.4 Å². The molecule has 134 valence electrons. The number of aromatic nitrogens is 2. The summed E-state index contributed by atoms with van der Waals surface area (Å²) < 4.78 is 5.23. The summed E-state index contributed by atoms with van der Waals surface area (Å²) in [5, 5.41) is 14.0.